The average molecular weight is 297 g/mol. The zero-order chi connectivity index (χ0) is 15.5. The summed E-state index contributed by atoms with van der Waals surface area (Å²) < 4.78 is 0. The summed E-state index contributed by atoms with van der Waals surface area (Å²) in [6, 6.07) is 8.75. The number of benzene rings is 1. The standard InChI is InChI=1S/C18H23N3O/c1-12-7-8-16(13(2)9-12)17-10-14(18(22)21-20-17)11-19-15-5-3-4-6-15/h7-10,15,19H,3-6,11H2,1-2H3,(H,21,22). The van der Waals surface area contributed by atoms with Crippen molar-refractivity contribution in [2.75, 3.05) is 0 Å². The minimum Gasteiger partial charge on any atom is -0.310 e. The first-order valence-electron chi connectivity index (χ1n) is 8.03. The summed E-state index contributed by atoms with van der Waals surface area (Å²) in [5.41, 5.74) is 4.98. The molecule has 1 aromatic heterocycles. The quantitative estimate of drug-likeness (QED) is 0.911. The second-order valence-corrected chi connectivity index (χ2v) is 6.29. The van der Waals surface area contributed by atoms with Gasteiger partial charge >= 0.3 is 0 Å². The summed E-state index contributed by atoms with van der Waals surface area (Å²) >= 11 is 0. The molecule has 1 heterocycles. The van der Waals surface area contributed by atoms with E-state index in [0.717, 1.165) is 16.8 Å². The molecular formula is C18H23N3O. The maximum Gasteiger partial charge on any atom is 0.268 e. The van der Waals surface area contributed by atoms with Crippen LogP contribution in [0.1, 0.15) is 42.4 Å². The van der Waals surface area contributed by atoms with Crippen molar-refractivity contribution in [1.29, 1.82) is 0 Å². The summed E-state index contributed by atoms with van der Waals surface area (Å²) in [4.78, 5) is 12.0. The van der Waals surface area contributed by atoms with Crippen molar-refractivity contribution in [1.82, 2.24) is 15.5 Å². The Morgan fingerprint density at radius 3 is 2.73 bits per heavy atom. The molecule has 0 saturated heterocycles. The predicted octanol–water partition coefficient (Wildman–Crippen LogP) is 3.09. The van der Waals surface area contributed by atoms with Crippen LogP contribution < -0.4 is 10.9 Å². The molecule has 1 aromatic carbocycles. The Labute approximate surface area is 131 Å². The maximum absolute atomic E-state index is 12.0. The van der Waals surface area contributed by atoms with E-state index < -0.39 is 0 Å². The van der Waals surface area contributed by atoms with Gasteiger partial charge in [-0.3, -0.25) is 4.79 Å². The Morgan fingerprint density at radius 2 is 2.00 bits per heavy atom. The van der Waals surface area contributed by atoms with Gasteiger partial charge in [-0.2, -0.15) is 5.10 Å². The first kappa shape index (κ1) is 15.0. The molecule has 1 fully saturated rings. The third-order valence-electron chi connectivity index (χ3n) is 4.47. The fraction of sp³-hybridized carbons (Fsp3) is 0.444. The number of aromatic amines is 1. The van der Waals surface area contributed by atoms with Gasteiger partial charge in [0, 0.05) is 23.7 Å². The zero-order valence-corrected chi connectivity index (χ0v) is 13.3. The van der Waals surface area contributed by atoms with Gasteiger partial charge in [-0.05, 0) is 38.3 Å². The Morgan fingerprint density at radius 1 is 1.23 bits per heavy atom. The molecule has 4 nitrogen and oxygen atoms in total. The van der Waals surface area contributed by atoms with E-state index >= 15 is 0 Å². The van der Waals surface area contributed by atoms with Gasteiger partial charge in [-0.1, -0.05) is 36.6 Å². The highest BCUT2D eigenvalue weighted by Gasteiger charge is 2.15. The molecule has 2 aromatic rings. The van der Waals surface area contributed by atoms with Crippen molar-refractivity contribution < 1.29 is 0 Å². The topological polar surface area (TPSA) is 57.8 Å². The molecule has 1 aliphatic rings. The monoisotopic (exact) mass is 297 g/mol. The molecule has 0 amide bonds. The Bertz CT molecular complexity index is 715. The van der Waals surface area contributed by atoms with Crippen LogP contribution in [0.25, 0.3) is 11.3 Å². The van der Waals surface area contributed by atoms with Crippen LogP contribution >= 0.6 is 0 Å². The third-order valence-corrected chi connectivity index (χ3v) is 4.47. The van der Waals surface area contributed by atoms with Crippen LogP contribution in [0.2, 0.25) is 0 Å². The van der Waals surface area contributed by atoms with Gasteiger partial charge in [-0.25, -0.2) is 5.10 Å². The minimum absolute atomic E-state index is 0.0981. The lowest BCUT2D eigenvalue weighted by Crippen LogP contribution is -2.29. The van der Waals surface area contributed by atoms with Crippen LogP contribution in [-0.2, 0) is 6.54 Å². The molecule has 0 spiro atoms. The number of hydrogen-bond donors (Lipinski definition) is 2. The lowest BCUT2D eigenvalue weighted by Gasteiger charge is -2.12. The van der Waals surface area contributed by atoms with Gasteiger partial charge in [0.05, 0.1) is 5.69 Å². The number of nitrogens with one attached hydrogen (secondary N) is 2. The van der Waals surface area contributed by atoms with E-state index in [2.05, 4.69) is 47.6 Å². The fourth-order valence-corrected chi connectivity index (χ4v) is 3.20. The third kappa shape index (κ3) is 3.28. The summed E-state index contributed by atoms with van der Waals surface area (Å²) in [7, 11) is 0. The van der Waals surface area contributed by atoms with E-state index in [1.54, 1.807) is 0 Å². The second-order valence-electron chi connectivity index (χ2n) is 6.29. The maximum atomic E-state index is 12.0. The minimum atomic E-state index is -0.0981. The molecular weight excluding hydrogens is 274 g/mol. The van der Waals surface area contributed by atoms with Crippen LogP contribution in [0, 0.1) is 13.8 Å². The zero-order valence-electron chi connectivity index (χ0n) is 13.3. The molecule has 1 saturated carbocycles. The first-order chi connectivity index (χ1) is 10.6. The Balaban J connectivity index is 1.84. The average Bonchev–Trinajstić information content (AvgIpc) is 3.00. The van der Waals surface area contributed by atoms with Crippen molar-refractivity contribution in [2.45, 2.75) is 52.1 Å². The molecule has 4 heteroatoms. The van der Waals surface area contributed by atoms with Gasteiger partial charge in [0.15, 0.2) is 0 Å². The molecule has 22 heavy (non-hydrogen) atoms. The van der Waals surface area contributed by atoms with E-state index in [1.807, 2.05) is 6.07 Å². The van der Waals surface area contributed by atoms with Crippen molar-refractivity contribution in [3.8, 4) is 11.3 Å². The summed E-state index contributed by atoms with van der Waals surface area (Å²) in [6.07, 6.45) is 5.01. The highest BCUT2D eigenvalue weighted by molar-refractivity contribution is 5.63. The molecule has 1 aliphatic carbocycles. The Kier molecular flexibility index (Phi) is 4.39. The highest BCUT2D eigenvalue weighted by Crippen LogP contribution is 2.22. The molecule has 0 bridgehead atoms. The highest BCUT2D eigenvalue weighted by atomic mass is 16.1. The molecule has 0 aliphatic heterocycles. The van der Waals surface area contributed by atoms with Crippen molar-refractivity contribution in [3.63, 3.8) is 0 Å². The summed E-state index contributed by atoms with van der Waals surface area (Å²) in [5.74, 6) is 0. The lowest BCUT2D eigenvalue weighted by atomic mass is 10.0. The lowest BCUT2D eigenvalue weighted by molar-refractivity contribution is 0.522. The van der Waals surface area contributed by atoms with Gasteiger partial charge in [0.25, 0.3) is 5.56 Å². The predicted molar refractivity (Wildman–Crippen MR) is 88.9 cm³/mol. The van der Waals surface area contributed by atoms with Gasteiger partial charge in [0.1, 0.15) is 0 Å². The summed E-state index contributed by atoms with van der Waals surface area (Å²) in [6.45, 7) is 4.76. The van der Waals surface area contributed by atoms with Crippen LogP contribution in [-0.4, -0.2) is 16.2 Å². The Hall–Kier alpha value is -1.94. The van der Waals surface area contributed by atoms with Gasteiger partial charge in [-0.15, -0.1) is 0 Å². The normalized spacial score (nSPS) is 15.4. The van der Waals surface area contributed by atoms with Crippen molar-refractivity contribution in [3.05, 3.63) is 51.3 Å². The SMILES string of the molecule is Cc1ccc(-c2cc(CNC3CCCC3)c(=O)[nH]n2)c(C)c1. The van der Waals surface area contributed by atoms with E-state index in [1.165, 1.54) is 36.8 Å². The number of nitrogens with zero attached hydrogens (tertiary/aromatic N) is 1. The molecule has 0 unspecified atom stereocenters. The van der Waals surface area contributed by atoms with Gasteiger partial charge < -0.3 is 5.32 Å². The number of aryl methyl sites for hydroxylation is 2. The van der Waals surface area contributed by atoms with E-state index in [9.17, 15) is 4.79 Å². The van der Waals surface area contributed by atoms with Gasteiger partial charge in [0.2, 0.25) is 0 Å². The van der Waals surface area contributed by atoms with Crippen LogP contribution in [0.4, 0.5) is 0 Å². The van der Waals surface area contributed by atoms with E-state index in [-0.39, 0.29) is 5.56 Å². The largest absolute Gasteiger partial charge is 0.310 e. The number of rotatable bonds is 4. The molecule has 0 radical (unpaired) electrons. The van der Waals surface area contributed by atoms with Crippen molar-refractivity contribution >= 4 is 0 Å². The summed E-state index contributed by atoms with van der Waals surface area (Å²) in [5, 5.41) is 10.3. The number of hydrogen-bond acceptors (Lipinski definition) is 3. The van der Waals surface area contributed by atoms with E-state index in [4.69, 9.17) is 0 Å². The number of aromatic nitrogens is 2. The molecule has 2 N–H and O–H groups in total. The van der Waals surface area contributed by atoms with Crippen LogP contribution in [0.3, 0.4) is 0 Å². The second kappa shape index (κ2) is 6.44. The molecule has 116 valence electrons. The van der Waals surface area contributed by atoms with Crippen LogP contribution in [0.5, 0.6) is 0 Å². The molecule has 0 atom stereocenters. The first-order valence-corrected chi connectivity index (χ1v) is 8.03. The molecule has 3 rings (SSSR count). The van der Waals surface area contributed by atoms with Crippen molar-refractivity contribution in [2.24, 2.45) is 0 Å². The van der Waals surface area contributed by atoms with Crippen LogP contribution in [0.15, 0.2) is 29.1 Å². The fourth-order valence-electron chi connectivity index (χ4n) is 3.20. The smallest absolute Gasteiger partial charge is 0.268 e. The van der Waals surface area contributed by atoms with E-state index in [0.29, 0.717) is 12.6 Å². The number of H-pyrrole nitrogens is 1.